The van der Waals surface area contributed by atoms with Crippen LogP contribution in [-0.2, 0) is 6.42 Å². The Bertz CT molecular complexity index is 761. The maximum atomic E-state index is 5.90. The summed E-state index contributed by atoms with van der Waals surface area (Å²) >= 11 is 0. The number of nitrogens with one attached hydrogen (secondary N) is 1. The normalized spacial score (nSPS) is 18.3. The molecule has 0 amide bonds. The Balaban J connectivity index is 1.59. The number of likely N-dealkylation sites (N-methyl/N-ethyl adjacent to an activating group) is 1. The van der Waals surface area contributed by atoms with Crippen molar-refractivity contribution in [2.45, 2.75) is 12.5 Å². The average molecular weight is 340 g/mol. The SMILES string of the molecule is CN(C)CCOc1cccc(C2NCCc3cc4c(cc32)OCO4)c1. The predicted octanol–water partition coefficient (Wildman–Crippen LogP) is 2.59. The zero-order valence-electron chi connectivity index (χ0n) is 14.7. The van der Waals surface area contributed by atoms with Crippen LogP contribution in [0.1, 0.15) is 22.7 Å². The number of hydrogen-bond acceptors (Lipinski definition) is 5. The van der Waals surface area contributed by atoms with Crippen molar-refractivity contribution in [2.75, 3.05) is 40.6 Å². The summed E-state index contributed by atoms with van der Waals surface area (Å²) in [5.41, 5.74) is 3.80. The summed E-state index contributed by atoms with van der Waals surface area (Å²) in [6.45, 7) is 2.84. The number of ether oxygens (including phenoxy) is 3. The Kier molecular flexibility index (Phi) is 4.51. The topological polar surface area (TPSA) is 43.0 Å². The lowest BCUT2D eigenvalue weighted by atomic mass is 9.89. The fourth-order valence-corrected chi connectivity index (χ4v) is 3.37. The van der Waals surface area contributed by atoms with Crippen molar-refractivity contribution in [1.29, 1.82) is 0 Å². The zero-order valence-corrected chi connectivity index (χ0v) is 14.7. The molecule has 2 aliphatic rings. The van der Waals surface area contributed by atoms with Crippen LogP contribution in [0.4, 0.5) is 0 Å². The molecule has 1 N–H and O–H groups in total. The molecule has 25 heavy (non-hydrogen) atoms. The van der Waals surface area contributed by atoms with E-state index in [0.29, 0.717) is 13.4 Å². The van der Waals surface area contributed by atoms with Crippen molar-refractivity contribution >= 4 is 0 Å². The van der Waals surface area contributed by atoms with E-state index in [9.17, 15) is 0 Å². The Hall–Kier alpha value is -2.24. The lowest BCUT2D eigenvalue weighted by molar-refractivity contribution is 0.174. The van der Waals surface area contributed by atoms with Gasteiger partial charge in [-0.2, -0.15) is 0 Å². The molecular formula is C20H24N2O3. The molecule has 2 heterocycles. The van der Waals surface area contributed by atoms with E-state index in [1.165, 1.54) is 16.7 Å². The van der Waals surface area contributed by atoms with Crippen LogP contribution in [0, 0.1) is 0 Å². The molecule has 132 valence electrons. The van der Waals surface area contributed by atoms with Crippen LogP contribution in [0.2, 0.25) is 0 Å². The van der Waals surface area contributed by atoms with Crippen LogP contribution in [0.5, 0.6) is 17.2 Å². The van der Waals surface area contributed by atoms with Gasteiger partial charge >= 0.3 is 0 Å². The first-order valence-corrected chi connectivity index (χ1v) is 8.74. The number of rotatable bonds is 5. The largest absolute Gasteiger partial charge is 0.492 e. The molecule has 5 nitrogen and oxygen atoms in total. The van der Waals surface area contributed by atoms with Gasteiger partial charge in [0.1, 0.15) is 12.4 Å². The van der Waals surface area contributed by atoms with Gasteiger partial charge in [-0.15, -0.1) is 0 Å². The van der Waals surface area contributed by atoms with Gasteiger partial charge in [0.25, 0.3) is 0 Å². The third-order valence-corrected chi connectivity index (χ3v) is 4.69. The Morgan fingerprint density at radius 3 is 2.84 bits per heavy atom. The standard InChI is InChI=1S/C20H24N2O3/c1-22(2)8-9-23-16-5-3-4-15(10-16)20-17-12-19-18(24-13-25-19)11-14(17)6-7-21-20/h3-5,10-12,20-21H,6-9,13H2,1-2H3. The van der Waals surface area contributed by atoms with Crippen molar-refractivity contribution in [3.63, 3.8) is 0 Å². The van der Waals surface area contributed by atoms with Crippen molar-refractivity contribution in [2.24, 2.45) is 0 Å². The zero-order chi connectivity index (χ0) is 17.2. The molecule has 0 aromatic heterocycles. The predicted molar refractivity (Wildman–Crippen MR) is 96.6 cm³/mol. The third kappa shape index (κ3) is 3.43. The lowest BCUT2D eigenvalue weighted by Crippen LogP contribution is -2.30. The first-order chi connectivity index (χ1) is 12.2. The van der Waals surface area contributed by atoms with Crippen molar-refractivity contribution in [3.05, 3.63) is 53.1 Å². The van der Waals surface area contributed by atoms with E-state index >= 15 is 0 Å². The number of benzene rings is 2. The van der Waals surface area contributed by atoms with Gasteiger partial charge in [-0.05, 0) is 61.5 Å². The van der Waals surface area contributed by atoms with Crippen molar-refractivity contribution < 1.29 is 14.2 Å². The molecule has 1 unspecified atom stereocenters. The molecule has 2 aromatic rings. The number of nitrogens with zero attached hydrogens (tertiary/aromatic N) is 1. The van der Waals surface area contributed by atoms with Gasteiger partial charge in [0.2, 0.25) is 6.79 Å². The molecule has 1 atom stereocenters. The molecule has 0 bridgehead atoms. The Morgan fingerprint density at radius 2 is 2.00 bits per heavy atom. The summed E-state index contributed by atoms with van der Waals surface area (Å²) in [6.07, 6.45) is 1.00. The van der Waals surface area contributed by atoms with E-state index in [2.05, 4.69) is 40.5 Å². The van der Waals surface area contributed by atoms with E-state index in [0.717, 1.165) is 36.8 Å². The van der Waals surface area contributed by atoms with E-state index in [1.54, 1.807) is 0 Å². The lowest BCUT2D eigenvalue weighted by Gasteiger charge is -2.28. The van der Waals surface area contributed by atoms with Crippen LogP contribution in [0.25, 0.3) is 0 Å². The van der Waals surface area contributed by atoms with E-state index in [1.807, 2.05) is 20.2 Å². The first kappa shape index (κ1) is 16.2. The van der Waals surface area contributed by atoms with Gasteiger partial charge in [0.15, 0.2) is 11.5 Å². The summed E-state index contributed by atoms with van der Waals surface area (Å²) < 4.78 is 17.0. The van der Waals surface area contributed by atoms with Crippen LogP contribution in [-0.4, -0.2) is 45.5 Å². The molecule has 2 aliphatic heterocycles. The van der Waals surface area contributed by atoms with Gasteiger partial charge in [-0.3, -0.25) is 0 Å². The molecule has 0 fully saturated rings. The highest BCUT2D eigenvalue weighted by Crippen LogP contribution is 2.40. The highest BCUT2D eigenvalue weighted by Gasteiger charge is 2.26. The fourth-order valence-electron chi connectivity index (χ4n) is 3.37. The second-order valence-electron chi connectivity index (χ2n) is 6.77. The minimum atomic E-state index is 0.149. The fraction of sp³-hybridized carbons (Fsp3) is 0.400. The second kappa shape index (κ2) is 6.94. The maximum Gasteiger partial charge on any atom is 0.231 e. The molecule has 5 heteroatoms. The molecule has 4 rings (SSSR count). The highest BCUT2D eigenvalue weighted by molar-refractivity contribution is 5.52. The summed E-state index contributed by atoms with van der Waals surface area (Å²) in [5.74, 6) is 2.61. The Labute approximate surface area is 148 Å². The minimum absolute atomic E-state index is 0.149. The highest BCUT2D eigenvalue weighted by atomic mass is 16.7. The van der Waals surface area contributed by atoms with Gasteiger partial charge in [-0.25, -0.2) is 0 Å². The summed E-state index contributed by atoms with van der Waals surface area (Å²) in [6, 6.07) is 12.8. The van der Waals surface area contributed by atoms with E-state index in [4.69, 9.17) is 14.2 Å². The van der Waals surface area contributed by atoms with Crippen LogP contribution in [0.3, 0.4) is 0 Å². The second-order valence-corrected chi connectivity index (χ2v) is 6.77. The minimum Gasteiger partial charge on any atom is -0.492 e. The quantitative estimate of drug-likeness (QED) is 0.906. The Morgan fingerprint density at radius 1 is 1.16 bits per heavy atom. The molecule has 0 saturated carbocycles. The third-order valence-electron chi connectivity index (χ3n) is 4.69. The first-order valence-electron chi connectivity index (χ1n) is 8.74. The summed E-state index contributed by atoms with van der Waals surface area (Å²) in [5, 5.41) is 3.62. The monoisotopic (exact) mass is 340 g/mol. The number of fused-ring (bicyclic) bond motifs is 2. The van der Waals surface area contributed by atoms with Gasteiger partial charge in [0, 0.05) is 13.1 Å². The van der Waals surface area contributed by atoms with Crippen molar-refractivity contribution in [3.8, 4) is 17.2 Å². The molecule has 0 spiro atoms. The number of hydrogen-bond donors (Lipinski definition) is 1. The molecular weight excluding hydrogens is 316 g/mol. The average Bonchev–Trinajstić information content (AvgIpc) is 3.06. The smallest absolute Gasteiger partial charge is 0.231 e. The van der Waals surface area contributed by atoms with Gasteiger partial charge in [-0.1, -0.05) is 12.1 Å². The molecule has 2 aromatic carbocycles. The molecule has 0 saturated heterocycles. The summed E-state index contributed by atoms with van der Waals surface area (Å²) in [4.78, 5) is 2.12. The van der Waals surface area contributed by atoms with Crippen LogP contribution in [0.15, 0.2) is 36.4 Å². The molecule has 0 aliphatic carbocycles. The van der Waals surface area contributed by atoms with E-state index in [-0.39, 0.29) is 6.04 Å². The van der Waals surface area contributed by atoms with Crippen LogP contribution < -0.4 is 19.5 Å². The molecule has 0 radical (unpaired) electrons. The van der Waals surface area contributed by atoms with Crippen LogP contribution >= 0.6 is 0 Å². The van der Waals surface area contributed by atoms with Gasteiger partial charge < -0.3 is 24.4 Å². The maximum absolute atomic E-state index is 5.90. The van der Waals surface area contributed by atoms with Gasteiger partial charge in [0.05, 0.1) is 6.04 Å². The van der Waals surface area contributed by atoms with E-state index < -0.39 is 0 Å². The van der Waals surface area contributed by atoms with Crippen molar-refractivity contribution in [1.82, 2.24) is 10.2 Å². The summed E-state index contributed by atoms with van der Waals surface area (Å²) in [7, 11) is 4.10.